The monoisotopic (exact) mass is 384 g/mol. The van der Waals surface area contributed by atoms with Crippen LogP contribution in [0.25, 0.3) is 0 Å². The third kappa shape index (κ3) is 4.54. The molecule has 4 nitrogen and oxygen atoms in total. The predicted octanol–water partition coefficient (Wildman–Crippen LogP) is 4.53. The van der Waals surface area contributed by atoms with Gasteiger partial charge in [0.1, 0.15) is 0 Å². The van der Waals surface area contributed by atoms with Crippen molar-refractivity contribution in [3.05, 3.63) is 102 Å². The summed E-state index contributed by atoms with van der Waals surface area (Å²) in [5.41, 5.74) is 3.69. The van der Waals surface area contributed by atoms with Crippen molar-refractivity contribution >= 4 is 17.5 Å². The lowest BCUT2D eigenvalue weighted by Crippen LogP contribution is -2.30. The minimum atomic E-state index is -0.120. The number of benzene rings is 3. The van der Waals surface area contributed by atoms with Crippen LogP contribution in [-0.4, -0.2) is 18.4 Å². The quantitative estimate of drug-likeness (QED) is 0.679. The van der Waals surface area contributed by atoms with Crippen LogP contribution < -0.4 is 10.2 Å². The highest BCUT2D eigenvalue weighted by Crippen LogP contribution is 2.23. The van der Waals surface area contributed by atoms with Gasteiger partial charge in [-0.25, -0.2) is 0 Å². The van der Waals surface area contributed by atoms with E-state index in [9.17, 15) is 9.59 Å². The highest BCUT2D eigenvalue weighted by Gasteiger charge is 2.22. The Labute approximate surface area is 171 Å². The van der Waals surface area contributed by atoms with Crippen molar-refractivity contribution in [1.82, 2.24) is 5.32 Å². The Bertz CT molecular complexity index is 969. The molecule has 0 bridgehead atoms. The molecule has 146 valence electrons. The Hall–Kier alpha value is -3.40. The van der Waals surface area contributed by atoms with Crippen molar-refractivity contribution in [3.63, 3.8) is 0 Å². The predicted molar refractivity (Wildman–Crippen MR) is 115 cm³/mol. The molecular formula is C25H24N2O2. The van der Waals surface area contributed by atoms with Gasteiger partial charge < -0.3 is 10.2 Å². The molecule has 0 aromatic heterocycles. The zero-order valence-corrected chi connectivity index (χ0v) is 16.3. The smallest absolute Gasteiger partial charge is 0.251 e. The topological polar surface area (TPSA) is 49.4 Å². The second-order valence-corrected chi connectivity index (χ2v) is 7.32. The first-order chi connectivity index (χ1) is 14.2. The van der Waals surface area contributed by atoms with Gasteiger partial charge in [-0.2, -0.15) is 0 Å². The maximum absolute atomic E-state index is 12.9. The van der Waals surface area contributed by atoms with E-state index in [4.69, 9.17) is 0 Å². The Kier molecular flexibility index (Phi) is 5.71. The molecule has 1 saturated heterocycles. The molecule has 1 unspecified atom stereocenters. The number of nitrogens with one attached hydrogen (secondary N) is 1. The fourth-order valence-corrected chi connectivity index (χ4v) is 3.74. The lowest BCUT2D eigenvalue weighted by molar-refractivity contribution is -0.117. The molecule has 3 aromatic carbocycles. The average molecular weight is 384 g/mol. The molecule has 0 radical (unpaired) electrons. The van der Waals surface area contributed by atoms with Gasteiger partial charge in [-0.05, 0) is 48.2 Å². The molecule has 1 atom stereocenters. The standard InChI is InChI=1S/C25H24N2O2/c28-24-12-7-17-27(24)22-15-13-21(14-16-22)25(29)26-23(20-10-5-2-6-11-20)18-19-8-3-1-4-9-19/h1-6,8-11,13-16,23H,7,12,17-18H2,(H,26,29). The number of nitrogens with zero attached hydrogens (tertiary/aromatic N) is 1. The van der Waals surface area contributed by atoms with Crippen molar-refractivity contribution in [2.24, 2.45) is 0 Å². The summed E-state index contributed by atoms with van der Waals surface area (Å²) in [6.07, 6.45) is 2.21. The maximum Gasteiger partial charge on any atom is 0.251 e. The highest BCUT2D eigenvalue weighted by atomic mass is 16.2. The van der Waals surface area contributed by atoms with Crippen LogP contribution in [0.3, 0.4) is 0 Å². The van der Waals surface area contributed by atoms with Crippen LogP contribution in [0.2, 0.25) is 0 Å². The van der Waals surface area contributed by atoms with Crippen LogP contribution in [0.15, 0.2) is 84.9 Å². The second kappa shape index (κ2) is 8.74. The maximum atomic E-state index is 12.9. The van der Waals surface area contributed by atoms with Crippen LogP contribution in [0.4, 0.5) is 5.69 Å². The third-order valence-electron chi connectivity index (χ3n) is 5.30. The second-order valence-electron chi connectivity index (χ2n) is 7.32. The summed E-state index contributed by atoms with van der Waals surface area (Å²) in [4.78, 5) is 26.6. The van der Waals surface area contributed by atoms with Crippen molar-refractivity contribution in [3.8, 4) is 0 Å². The molecule has 2 amide bonds. The zero-order valence-electron chi connectivity index (χ0n) is 16.3. The number of anilines is 1. The van der Waals surface area contributed by atoms with E-state index in [-0.39, 0.29) is 17.9 Å². The molecule has 0 saturated carbocycles. The fraction of sp³-hybridized carbons (Fsp3) is 0.200. The minimum Gasteiger partial charge on any atom is -0.345 e. The van der Waals surface area contributed by atoms with Gasteiger partial charge in [0.25, 0.3) is 5.91 Å². The van der Waals surface area contributed by atoms with Crippen LogP contribution in [0.5, 0.6) is 0 Å². The molecule has 1 N–H and O–H groups in total. The average Bonchev–Trinajstić information content (AvgIpc) is 3.20. The molecule has 4 heteroatoms. The summed E-state index contributed by atoms with van der Waals surface area (Å²) in [5.74, 6) is 0.0308. The molecule has 1 heterocycles. The Morgan fingerprint density at radius 1 is 0.897 bits per heavy atom. The SMILES string of the molecule is O=C(NC(Cc1ccccc1)c1ccccc1)c1ccc(N2CCCC2=O)cc1. The van der Waals surface area contributed by atoms with E-state index < -0.39 is 0 Å². The summed E-state index contributed by atoms with van der Waals surface area (Å²) in [5, 5.41) is 3.18. The first-order valence-electron chi connectivity index (χ1n) is 10.0. The van der Waals surface area contributed by atoms with E-state index in [1.807, 2.05) is 60.7 Å². The number of rotatable bonds is 6. The van der Waals surface area contributed by atoms with E-state index in [0.29, 0.717) is 12.0 Å². The number of carbonyl (C=O) groups is 2. The molecule has 3 aromatic rings. The number of amides is 2. The van der Waals surface area contributed by atoms with Crippen molar-refractivity contribution in [2.75, 3.05) is 11.4 Å². The Morgan fingerprint density at radius 2 is 1.55 bits per heavy atom. The normalized spacial score (nSPS) is 14.6. The van der Waals surface area contributed by atoms with E-state index in [1.54, 1.807) is 17.0 Å². The lowest BCUT2D eigenvalue weighted by atomic mass is 9.98. The minimum absolute atomic E-state index is 0.117. The van der Waals surface area contributed by atoms with Crippen LogP contribution in [-0.2, 0) is 11.2 Å². The molecule has 0 aliphatic carbocycles. The molecule has 0 spiro atoms. The third-order valence-corrected chi connectivity index (χ3v) is 5.30. The summed E-state index contributed by atoms with van der Waals surface area (Å²) in [6, 6.07) is 27.4. The van der Waals surface area contributed by atoms with E-state index in [2.05, 4.69) is 17.4 Å². The number of hydrogen-bond donors (Lipinski definition) is 1. The van der Waals surface area contributed by atoms with Crippen molar-refractivity contribution < 1.29 is 9.59 Å². The van der Waals surface area contributed by atoms with E-state index in [1.165, 1.54) is 5.56 Å². The highest BCUT2D eigenvalue weighted by molar-refractivity contribution is 5.97. The van der Waals surface area contributed by atoms with E-state index >= 15 is 0 Å². The lowest BCUT2D eigenvalue weighted by Gasteiger charge is -2.20. The molecule has 4 rings (SSSR count). The number of carbonyl (C=O) groups excluding carboxylic acids is 2. The summed E-state index contributed by atoms with van der Waals surface area (Å²) < 4.78 is 0. The summed E-state index contributed by atoms with van der Waals surface area (Å²) in [6.45, 7) is 0.748. The molecule has 1 aliphatic heterocycles. The summed E-state index contributed by atoms with van der Waals surface area (Å²) in [7, 11) is 0. The fourth-order valence-electron chi connectivity index (χ4n) is 3.74. The first kappa shape index (κ1) is 18.9. The Balaban J connectivity index is 1.51. The van der Waals surface area contributed by atoms with Crippen LogP contribution in [0, 0.1) is 0 Å². The van der Waals surface area contributed by atoms with Gasteiger partial charge in [0, 0.05) is 24.2 Å². The molecule has 29 heavy (non-hydrogen) atoms. The van der Waals surface area contributed by atoms with Gasteiger partial charge in [-0.1, -0.05) is 60.7 Å². The first-order valence-corrected chi connectivity index (χ1v) is 10.0. The van der Waals surface area contributed by atoms with E-state index in [0.717, 1.165) is 30.6 Å². The molecule has 1 fully saturated rings. The molecular weight excluding hydrogens is 360 g/mol. The van der Waals surface area contributed by atoms with Gasteiger partial charge >= 0.3 is 0 Å². The zero-order chi connectivity index (χ0) is 20.1. The van der Waals surface area contributed by atoms with Gasteiger partial charge in [0.2, 0.25) is 5.91 Å². The van der Waals surface area contributed by atoms with Gasteiger partial charge in [-0.3, -0.25) is 9.59 Å². The summed E-state index contributed by atoms with van der Waals surface area (Å²) >= 11 is 0. The van der Waals surface area contributed by atoms with Crippen molar-refractivity contribution in [1.29, 1.82) is 0 Å². The molecule has 1 aliphatic rings. The van der Waals surface area contributed by atoms with Crippen molar-refractivity contribution in [2.45, 2.75) is 25.3 Å². The Morgan fingerprint density at radius 3 is 2.17 bits per heavy atom. The number of hydrogen-bond acceptors (Lipinski definition) is 2. The van der Waals surface area contributed by atoms with Crippen LogP contribution >= 0.6 is 0 Å². The van der Waals surface area contributed by atoms with Crippen LogP contribution in [0.1, 0.15) is 40.4 Å². The van der Waals surface area contributed by atoms with Gasteiger partial charge in [0.05, 0.1) is 6.04 Å². The van der Waals surface area contributed by atoms with Gasteiger partial charge in [-0.15, -0.1) is 0 Å². The van der Waals surface area contributed by atoms with Gasteiger partial charge in [0.15, 0.2) is 0 Å². The largest absolute Gasteiger partial charge is 0.345 e.